The van der Waals surface area contributed by atoms with Crippen LogP contribution in [0.2, 0.25) is 0 Å². The normalized spacial score (nSPS) is 12.4. The Morgan fingerprint density at radius 2 is 2.44 bits per heavy atom. The largest absolute Gasteiger partial charge is 0.325 e. The first-order valence-electron chi connectivity index (χ1n) is 2.68. The molecule has 0 aromatic rings. The lowest BCUT2D eigenvalue weighted by Gasteiger charge is -1.89. The van der Waals surface area contributed by atoms with Gasteiger partial charge in [0.2, 0.25) is 0 Å². The highest BCUT2D eigenvalue weighted by Gasteiger charge is 1.82. The van der Waals surface area contributed by atoms with Gasteiger partial charge in [-0.25, -0.2) is 0 Å². The van der Waals surface area contributed by atoms with Crippen molar-refractivity contribution in [2.75, 3.05) is 6.54 Å². The minimum absolute atomic E-state index is 0.390. The molecule has 0 aromatic heterocycles. The Balaban J connectivity index is 3.90. The van der Waals surface area contributed by atoms with Gasteiger partial charge in [-0.1, -0.05) is 0 Å². The SMILES string of the molecule is C=N/C(=C\N=CC)CN. The van der Waals surface area contributed by atoms with Crippen LogP contribution in [-0.2, 0) is 0 Å². The summed E-state index contributed by atoms with van der Waals surface area (Å²) in [5.74, 6) is 0. The molecular weight excluding hydrogens is 114 g/mol. The van der Waals surface area contributed by atoms with Gasteiger partial charge in [-0.3, -0.25) is 9.98 Å². The van der Waals surface area contributed by atoms with Crippen molar-refractivity contribution in [1.82, 2.24) is 0 Å². The van der Waals surface area contributed by atoms with Gasteiger partial charge >= 0.3 is 0 Å². The van der Waals surface area contributed by atoms with Gasteiger partial charge in [0.05, 0.1) is 5.70 Å². The van der Waals surface area contributed by atoms with E-state index in [4.69, 9.17) is 5.73 Å². The first kappa shape index (κ1) is 8.04. The third-order valence-electron chi connectivity index (χ3n) is 0.785. The van der Waals surface area contributed by atoms with Crippen LogP contribution in [0, 0.1) is 0 Å². The molecule has 0 bridgehead atoms. The zero-order valence-corrected chi connectivity index (χ0v) is 5.54. The highest BCUT2D eigenvalue weighted by atomic mass is 14.8. The van der Waals surface area contributed by atoms with E-state index in [9.17, 15) is 0 Å². The molecule has 0 aliphatic heterocycles. The minimum Gasteiger partial charge on any atom is -0.325 e. The molecule has 0 fully saturated rings. The van der Waals surface area contributed by atoms with Gasteiger partial charge in [-0.05, 0) is 13.6 Å². The highest BCUT2D eigenvalue weighted by molar-refractivity contribution is 5.54. The van der Waals surface area contributed by atoms with Crippen LogP contribution < -0.4 is 5.73 Å². The van der Waals surface area contributed by atoms with Crippen LogP contribution in [0.1, 0.15) is 6.92 Å². The van der Waals surface area contributed by atoms with Crippen LogP contribution >= 0.6 is 0 Å². The fourth-order valence-electron chi connectivity index (χ4n) is 0.319. The van der Waals surface area contributed by atoms with Crippen LogP contribution in [0.5, 0.6) is 0 Å². The zero-order chi connectivity index (χ0) is 7.11. The summed E-state index contributed by atoms with van der Waals surface area (Å²) in [6.07, 6.45) is 3.26. The van der Waals surface area contributed by atoms with E-state index in [0.717, 1.165) is 0 Å². The van der Waals surface area contributed by atoms with Crippen molar-refractivity contribution >= 4 is 12.9 Å². The van der Waals surface area contributed by atoms with Crippen molar-refractivity contribution in [3.8, 4) is 0 Å². The van der Waals surface area contributed by atoms with Crippen molar-refractivity contribution in [1.29, 1.82) is 0 Å². The molecule has 3 nitrogen and oxygen atoms in total. The fraction of sp³-hybridized carbons (Fsp3) is 0.333. The van der Waals surface area contributed by atoms with Crippen LogP contribution in [-0.4, -0.2) is 19.5 Å². The topological polar surface area (TPSA) is 50.7 Å². The van der Waals surface area contributed by atoms with E-state index >= 15 is 0 Å². The van der Waals surface area contributed by atoms with Crippen LogP contribution in [0.4, 0.5) is 0 Å². The first-order chi connectivity index (χ1) is 4.35. The Kier molecular flexibility index (Phi) is 4.63. The molecule has 0 aliphatic carbocycles. The molecule has 0 saturated carbocycles. The fourth-order valence-corrected chi connectivity index (χ4v) is 0.319. The highest BCUT2D eigenvalue weighted by Crippen LogP contribution is 1.90. The van der Waals surface area contributed by atoms with Crippen LogP contribution in [0.3, 0.4) is 0 Å². The van der Waals surface area contributed by atoms with Gasteiger partial charge in [0.25, 0.3) is 0 Å². The molecule has 0 aromatic carbocycles. The molecule has 0 unspecified atom stereocenters. The lowest BCUT2D eigenvalue weighted by molar-refractivity contribution is 1.10. The second-order valence-corrected chi connectivity index (χ2v) is 1.39. The number of nitrogens with two attached hydrogens (primary N) is 1. The summed E-state index contributed by atoms with van der Waals surface area (Å²) in [6, 6.07) is 0. The lowest BCUT2D eigenvalue weighted by atomic mass is 10.5. The predicted molar refractivity (Wildman–Crippen MR) is 40.9 cm³/mol. The average molecular weight is 125 g/mol. The molecule has 0 amide bonds. The molecule has 0 spiro atoms. The molecule has 0 rings (SSSR count). The van der Waals surface area contributed by atoms with Crippen molar-refractivity contribution in [3.05, 3.63) is 11.9 Å². The molecule has 0 heterocycles. The van der Waals surface area contributed by atoms with E-state index in [-0.39, 0.29) is 0 Å². The summed E-state index contributed by atoms with van der Waals surface area (Å²) in [5.41, 5.74) is 5.95. The predicted octanol–water partition coefficient (Wildman–Crippen LogP) is 0.578. The number of hydrogen-bond donors (Lipinski definition) is 1. The number of nitrogens with zero attached hydrogens (tertiary/aromatic N) is 2. The zero-order valence-electron chi connectivity index (χ0n) is 5.54. The van der Waals surface area contributed by atoms with Gasteiger partial charge in [0.1, 0.15) is 0 Å². The van der Waals surface area contributed by atoms with Crippen molar-refractivity contribution in [2.24, 2.45) is 15.7 Å². The molecule has 50 valence electrons. The summed E-state index contributed by atoms with van der Waals surface area (Å²) in [6.45, 7) is 5.53. The van der Waals surface area contributed by atoms with Gasteiger partial charge < -0.3 is 5.73 Å². The molecule has 0 radical (unpaired) electrons. The second-order valence-electron chi connectivity index (χ2n) is 1.39. The molecule has 0 saturated heterocycles. The Hall–Kier alpha value is -0.960. The number of rotatable bonds is 3. The van der Waals surface area contributed by atoms with Crippen molar-refractivity contribution < 1.29 is 0 Å². The summed E-state index contributed by atoms with van der Waals surface area (Å²) in [5, 5.41) is 0. The Labute approximate surface area is 55.0 Å². The van der Waals surface area contributed by atoms with Gasteiger partial charge in [0, 0.05) is 19.0 Å². The standard InChI is InChI=1S/C6H11N3/c1-3-9-5-6(4-7)8-2/h3,5H,2,4,7H2,1H3/b6-5-,9-3?. The van der Waals surface area contributed by atoms with Crippen LogP contribution in [0.15, 0.2) is 21.9 Å². The maximum Gasteiger partial charge on any atom is 0.0714 e. The Morgan fingerprint density at radius 3 is 2.78 bits per heavy atom. The molecule has 9 heavy (non-hydrogen) atoms. The van der Waals surface area contributed by atoms with E-state index in [0.29, 0.717) is 12.2 Å². The molecule has 0 aliphatic rings. The Bertz CT molecular complexity index is 135. The van der Waals surface area contributed by atoms with E-state index in [1.54, 1.807) is 12.4 Å². The first-order valence-corrected chi connectivity index (χ1v) is 2.68. The Morgan fingerprint density at radius 1 is 1.78 bits per heavy atom. The summed E-state index contributed by atoms with van der Waals surface area (Å²) in [7, 11) is 0. The number of hydrogen-bond acceptors (Lipinski definition) is 3. The molecule has 0 atom stereocenters. The summed E-state index contributed by atoms with van der Waals surface area (Å²) < 4.78 is 0. The molecular formula is C6H11N3. The van der Waals surface area contributed by atoms with Crippen LogP contribution in [0.25, 0.3) is 0 Å². The summed E-state index contributed by atoms with van der Waals surface area (Å²) in [4.78, 5) is 7.43. The maximum atomic E-state index is 5.25. The monoisotopic (exact) mass is 125 g/mol. The smallest absolute Gasteiger partial charge is 0.0714 e. The third kappa shape index (κ3) is 3.61. The van der Waals surface area contributed by atoms with E-state index in [1.165, 1.54) is 0 Å². The average Bonchev–Trinajstić information content (AvgIpc) is 1.91. The van der Waals surface area contributed by atoms with E-state index in [2.05, 4.69) is 16.7 Å². The number of aliphatic imine (C=N–C) groups is 2. The third-order valence-corrected chi connectivity index (χ3v) is 0.785. The lowest BCUT2D eigenvalue weighted by Crippen LogP contribution is -1.99. The van der Waals surface area contributed by atoms with Crippen molar-refractivity contribution in [3.63, 3.8) is 0 Å². The molecule has 2 N–H and O–H groups in total. The van der Waals surface area contributed by atoms with E-state index in [1.807, 2.05) is 6.92 Å². The van der Waals surface area contributed by atoms with Gasteiger partial charge in [-0.2, -0.15) is 0 Å². The molecule has 3 heteroatoms. The van der Waals surface area contributed by atoms with E-state index < -0.39 is 0 Å². The minimum atomic E-state index is 0.390. The summed E-state index contributed by atoms with van der Waals surface area (Å²) >= 11 is 0. The van der Waals surface area contributed by atoms with Gasteiger partial charge in [-0.15, -0.1) is 0 Å². The second kappa shape index (κ2) is 5.18. The maximum absolute atomic E-state index is 5.25. The van der Waals surface area contributed by atoms with Gasteiger partial charge in [0.15, 0.2) is 0 Å². The van der Waals surface area contributed by atoms with Crippen molar-refractivity contribution in [2.45, 2.75) is 6.92 Å². The quantitative estimate of drug-likeness (QED) is 0.551.